The molecule has 0 radical (unpaired) electrons. The Morgan fingerprint density at radius 3 is 2.74 bits per heavy atom. The van der Waals surface area contributed by atoms with Crippen LogP contribution in [0, 0.1) is 0 Å². The Bertz CT molecular complexity index is 687. The van der Waals surface area contributed by atoms with Crippen LogP contribution in [0.5, 0.6) is 0 Å². The van der Waals surface area contributed by atoms with Gasteiger partial charge in [-0.05, 0) is 42.3 Å². The number of hydrogen-bond acceptors (Lipinski definition) is 3. The Kier molecular flexibility index (Phi) is 4.21. The Morgan fingerprint density at radius 1 is 1.26 bits per heavy atom. The number of sulfonamides is 1. The summed E-state index contributed by atoms with van der Waals surface area (Å²) in [6.07, 6.45) is 2.42. The molecule has 0 bridgehead atoms. The van der Waals surface area contributed by atoms with Crippen LogP contribution in [0.2, 0.25) is 0 Å². The van der Waals surface area contributed by atoms with Crippen molar-refractivity contribution in [2.24, 2.45) is 0 Å². The minimum absolute atomic E-state index is 0.200. The molecule has 1 aromatic heterocycles. The second kappa shape index (κ2) is 5.71. The van der Waals surface area contributed by atoms with E-state index < -0.39 is 10.0 Å². The summed E-state index contributed by atoms with van der Waals surface area (Å²) in [5.41, 5.74) is 1.03. The Hall–Kier alpha value is -1.40. The summed E-state index contributed by atoms with van der Waals surface area (Å²) < 4.78 is 27.6. The van der Waals surface area contributed by atoms with Crippen LogP contribution in [0.15, 0.2) is 52.0 Å². The number of nitrogens with one attached hydrogen (secondary N) is 1. The molecule has 2 aromatic rings. The molecule has 0 spiro atoms. The molecule has 6 heteroatoms. The minimum atomic E-state index is -3.60. The number of nitrogens with zero attached hydrogens (tertiary/aromatic N) is 1. The highest BCUT2D eigenvalue weighted by molar-refractivity contribution is 9.10. The van der Waals surface area contributed by atoms with Crippen LogP contribution >= 0.6 is 15.9 Å². The highest BCUT2D eigenvalue weighted by Crippen LogP contribution is 2.19. The maximum absolute atomic E-state index is 12.2. The van der Waals surface area contributed by atoms with Crippen molar-refractivity contribution < 1.29 is 8.42 Å². The zero-order valence-electron chi connectivity index (χ0n) is 10.3. The van der Waals surface area contributed by atoms with E-state index in [2.05, 4.69) is 25.6 Å². The predicted molar refractivity (Wildman–Crippen MR) is 78.6 cm³/mol. The largest absolute Gasteiger partial charge is 0.263 e. The van der Waals surface area contributed by atoms with Crippen molar-refractivity contribution >= 4 is 31.8 Å². The van der Waals surface area contributed by atoms with Gasteiger partial charge in [-0.1, -0.05) is 28.9 Å². The maximum Gasteiger partial charge on any atom is 0.263 e. The standard InChI is InChI=1S/C13H13BrN2O2S/c1-2-10-6-7-15-13(8-10)16-19(17,18)12-5-3-4-11(14)9-12/h3-9H,2H2,1H3,(H,15,16). The third-order valence-corrected chi connectivity index (χ3v) is 4.42. The summed E-state index contributed by atoms with van der Waals surface area (Å²) in [6.45, 7) is 2.00. The van der Waals surface area contributed by atoms with Crippen molar-refractivity contribution in [3.63, 3.8) is 0 Å². The summed E-state index contributed by atoms with van der Waals surface area (Å²) in [7, 11) is -3.60. The van der Waals surface area contributed by atoms with Crippen molar-refractivity contribution in [1.29, 1.82) is 0 Å². The summed E-state index contributed by atoms with van der Waals surface area (Å²) >= 11 is 3.26. The summed E-state index contributed by atoms with van der Waals surface area (Å²) in [6, 6.07) is 10.1. The van der Waals surface area contributed by atoms with Gasteiger partial charge < -0.3 is 0 Å². The molecule has 0 aliphatic rings. The molecule has 0 atom stereocenters. The van der Waals surface area contributed by atoms with Gasteiger partial charge in [0.1, 0.15) is 5.82 Å². The van der Waals surface area contributed by atoms with E-state index in [9.17, 15) is 8.42 Å². The van der Waals surface area contributed by atoms with Crippen LogP contribution in [-0.4, -0.2) is 13.4 Å². The quantitative estimate of drug-likeness (QED) is 0.929. The number of aryl methyl sites for hydroxylation is 1. The number of benzene rings is 1. The number of rotatable bonds is 4. The lowest BCUT2D eigenvalue weighted by atomic mass is 10.2. The number of halogens is 1. The molecule has 1 heterocycles. The fourth-order valence-corrected chi connectivity index (χ4v) is 3.18. The number of pyridine rings is 1. The van der Waals surface area contributed by atoms with Crippen molar-refractivity contribution in [1.82, 2.24) is 4.98 Å². The molecule has 0 fully saturated rings. The van der Waals surface area contributed by atoms with Gasteiger partial charge in [0.2, 0.25) is 0 Å². The molecule has 0 aliphatic carbocycles. The smallest absolute Gasteiger partial charge is 0.263 e. The zero-order valence-corrected chi connectivity index (χ0v) is 12.7. The first-order valence-corrected chi connectivity index (χ1v) is 8.02. The third-order valence-electron chi connectivity index (χ3n) is 2.58. The average Bonchev–Trinajstić information content (AvgIpc) is 2.38. The molecular formula is C13H13BrN2O2S. The van der Waals surface area contributed by atoms with Crippen molar-refractivity contribution in [2.45, 2.75) is 18.2 Å². The van der Waals surface area contributed by atoms with E-state index in [0.29, 0.717) is 10.3 Å². The molecular weight excluding hydrogens is 328 g/mol. The first kappa shape index (κ1) is 14.0. The lowest BCUT2D eigenvalue weighted by molar-refractivity contribution is 0.601. The van der Waals surface area contributed by atoms with Crippen LogP contribution in [0.1, 0.15) is 12.5 Å². The van der Waals surface area contributed by atoms with Crippen molar-refractivity contribution in [3.8, 4) is 0 Å². The Morgan fingerprint density at radius 2 is 2.05 bits per heavy atom. The zero-order chi connectivity index (χ0) is 13.9. The fourth-order valence-electron chi connectivity index (χ4n) is 1.58. The summed E-state index contributed by atoms with van der Waals surface area (Å²) in [4.78, 5) is 4.22. The van der Waals surface area contributed by atoms with E-state index in [1.54, 1.807) is 30.5 Å². The van der Waals surface area contributed by atoms with Crippen LogP contribution < -0.4 is 4.72 Å². The lowest BCUT2D eigenvalue weighted by Crippen LogP contribution is -2.14. The van der Waals surface area contributed by atoms with Gasteiger partial charge in [0.15, 0.2) is 0 Å². The molecule has 4 nitrogen and oxygen atoms in total. The minimum Gasteiger partial charge on any atom is -0.263 e. The SMILES string of the molecule is CCc1ccnc(NS(=O)(=O)c2cccc(Br)c2)c1. The fraction of sp³-hybridized carbons (Fsp3) is 0.154. The molecule has 19 heavy (non-hydrogen) atoms. The second-order valence-electron chi connectivity index (χ2n) is 3.97. The molecule has 0 amide bonds. The molecule has 2 rings (SSSR count). The van der Waals surface area contributed by atoms with E-state index in [4.69, 9.17) is 0 Å². The summed E-state index contributed by atoms with van der Waals surface area (Å²) in [5, 5.41) is 0. The van der Waals surface area contributed by atoms with Gasteiger partial charge >= 0.3 is 0 Å². The Labute approximate surface area is 121 Å². The number of aromatic nitrogens is 1. The molecule has 1 aromatic carbocycles. The van der Waals surface area contributed by atoms with E-state index in [-0.39, 0.29) is 4.90 Å². The van der Waals surface area contributed by atoms with Crippen LogP contribution in [0.25, 0.3) is 0 Å². The highest BCUT2D eigenvalue weighted by Gasteiger charge is 2.14. The van der Waals surface area contributed by atoms with E-state index in [0.717, 1.165) is 12.0 Å². The van der Waals surface area contributed by atoms with Gasteiger partial charge in [0.25, 0.3) is 10.0 Å². The number of anilines is 1. The van der Waals surface area contributed by atoms with Gasteiger partial charge in [-0.25, -0.2) is 13.4 Å². The lowest BCUT2D eigenvalue weighted by Gasteiger charge is -2.08. The van der Waals surface area contributed by atoms with Crippen LogP contribution in [-0.2, 0) is 16.4 Å². The normalized spacial score (nSPS) is 11.3. The molecule has 0 aliphatic heterocycles. The summed E-state index contributed by atoms with van der Waals surface area (Å²) in [5.74, 6) is 0.333. The van der Waals surface area contributed by atoms with E-state index in [1.165, 1.54) is 6.07 Å². The number of hydrogen-bond donors (Lipinski definition) is 1. The Balaban J connectivity index is 2.31. The maximum atomic E-state index is 12.2. The van der Waals surface area contributed by atoms with Gasteiger partial charge in [-0.15, -0.1) is 0 Å². The van der Waals surface area contributed by atoms with Gasteiger partial charge in [-0.2, -0.15) is 0 Å². The first-order valence-electron chi connectivity index (χ1n) is 5.74. The second-order valence-corrected chi connectivity index (χ2v) is 6.56. The predicted octanol–water partition coefficient (Wildman–Crippen LogP) is 3.21. The van der Waals surface area contributed by atoms with Crippen molar-refractivity contribution in [3.05, 3.63) is 52.6 Å². The monoisotopic (exact) mass is 340 g/mol. The molecule has 0 saturated heterocycles. The van der Waals surface area contributed by atoms with Crippen LogP contribution in [0.4, 0.5) is 5.82 Å². The first-order chi connectivity index (χ1) is 9.01. The molecule has 0 unspecified atom stereocenters. The third kappa shape index (κ3) is 3.54. The van der Waals surface area contributed by atoms with Crippen LogP contribution in [0.3, 0.4) is 0 Å². The molecule has 1 N–H and O–H groups in total. The van der Waals surface area contributed by atoms with Crippen molar-refractivity contribution in [2.75, 3.05) is 4.72 Å². The van der Waals surface area contributed by atoms with E-state index in [1.807, 2.05) is 13.0 Å². The molecule has 0 saturated carbocycles. The van der Waals surface area contributed by atoms with Gasteiger partial charge in [0, 0.05) is 10.7 Å². The van der Waals surface area contributed by atoms with Gasteiger partial charge in [0.05, 0.1) is 4.90 Å². The van der Waals surface area contributed by atoms with E-state index >= 15 is 0 Å². The molecule has 100 valence electrons. The van der Waals surface area contributed by atoms with Gasteiger partial charge in [-0.3, -0.25) is 4.72 Å². The average molecular weight is 341 g/mol. The topological polar surface area (TPSA) is 59.1 Å². The highest BCUT2D eigenvalue weighted by atomic mass is 79.9.